The van der Waals surface area contributed by atoms with E-state index in [1.54, 1.807) is 0 Å². The molecule has 2 nitrogen and oxygen atoms in total. The third kappa shape index (κ3) is 5.14. The maximum absolute atomic E-state index is 7.18. The zero-order valence-corrected chi connectivity index (χ0v) is 35.7. The van der Waals surface area contributed by atoms with Gasteiger partial charge in [-0.15, -0.1) is 0 Å². The second kappa shape index (κ2) is 13.8. The Balaban J connectivity index is 1.02. The van der Waals surface area contributed by atoms with E-state index in [0.717, 1.165) is 44.6 Å². The minimum atomic E-state index is -0.510. The molecule has 13 rings (SSSR count). The molecule has 0 fully saturated rings. The van der Waals surface area contributed by atoms with E-state index < -0.39 is 5.41 Å². The third-order valence-electron chi connectivity index (χ3n) is 14.3. The molecule has 1 heterocycles. The van der Waals surface area contributed by atoms with Crippen molar-refractivity contribution in [2.24, 2.45) is 0 Å². The summed E-state index contributed by atoms with van der Waals surface area (Å²) in [5.41, 5.74) is 19.6. The van der Waals surface area contributed by atoms with Crippen LogP contribution in [0.5, 0.6) is 0 Å². The molecule has 0 amide bonds. The van der Waals surface area contributed by atoms with Gasteiger partial charge in [0.25, 0.3) is 0 Å². The van der Waals surface area contributed by atoms with Gasteiger partial charge in [0, 0.05) is 44.9 Å². The largest absolute Gasteiger partial charge is 0.455 e. The molecule has 2 aliphatic rings. The molecule has 0 aliphatic heterocycles. The lowest BCUT2D eigenvalue weighted by molar-refractivity contribution is 0.660. The molecule has 11 aromatic rings. The van der Waals surface area contributed by atoms with E-state index >= 15 is 0 Å². The lowest BCUT2D eigenvalue weighted by Gasteiger charge is -2.35. The molecule has 0 N–H and O–H groups in total. The molecule has 0 saturated heterocycles. The Morgan fingerprint density at radius 2 is 0.938 bits per heavy atom. The summed E-state index contributed by atoms with van der Waals surface area (Å²) in [5.74, 6) is 0. The Morgan fingerprint density at radius 1 is 0.375 bits per heavy atom. The van der Waals surface area contributed by atoms with Crippen LogP contribution >= 0.6 is 0 Å². The van der Waals surface area contributed by atoms with E-state index in [0.29, 0.717) is 0 Å². The number of para-hydroxylation sites is 1. The number of hydrogen-bond donors (Lipinski definition) is 0. The summed E-state index contributed by atoms with van der Waals surface area (Å²) in [4.78, 5) is 2.38. The molecule has 2 aliphatic carbocycles. The average Bonchev–Trinajstić information content (AvgIpc) is 3.94. The summed E-state index contributed by atoms with van der Waals surface area (Å²) in [6.07, 6.45) is 0. The summed E-state index contributed by atoms with van der Waals surface area (Å²) in [7, 11) is 0. The first-order chi connectivity index (χ1) is 31.5. The van der Waals surface area contributed by atoms with E-state index in [9.17, 15) is 0 Å². The zero-order valence-electron chi connectivity index (χ0n) is 35.7. The summed E-state index contributed by atoms with van der Waals surface area (Å²) < 4.78 is 7.18. The number of furan rings is 1. The summed E-state index contributed by atoms with van der Waals surface area (Å²) in [6, 6.07) is 82.5. The number of anilines is 3. The van der Waals surface area contributed by atoms with E-state index in [2.05, 4.69) is 243 Å². The van der Waals surface area contributed by atoms with Crippen molar-refractivity contribution in [2.45, 2.75) is 24.7 Å². The average molecular weight is 818 g/mol. The van der Waals surface area contributed by atoms with Gasteiger partial charge in [-0.1, -0.05) is 184 Å². The molecule has 302 valence electrons. The maximum atomic E-state index is 7.18. The quantitative estimate of drug-likeness (QED) is 0.166. The SMILES string of the molecule is CC1(C)c2ccccc2-c2ccc(-c3c4ccccc4cc4c3oc3cc(N(c5ccccc5)c5ccc6c(c5)C(c5ccccc5)(c5ccccc5)c5ccccc5-6)ccc34)cc21. The van der Waals surface area contributed by atoms with Crippen molar-refractivity contribution < 1.29 is 4.42 Å². The monoisotopic (exact) mass is 817 g/mol. The molecule has 1 aromatic heterocycles. The van der Waals surface area contributed by atoms with E-state index in [4.69, 9.17) is 4.42 Å². The number of hydrogen-bond acceptors (Lipinski definition) is 2. The van der Waals surface area contributed by atoms with Crippen LogP contribution in [0.3, 0.4) is 0 Å². The molecule has 2 heteroatoms. The van der Waals surface area contributed by atoms with Crippen molar-refractivity contribution in [3.8, 4) is 33.4 Å². The normalized spacial score (nSPS) is 14.0. The van der Waals surface area contributed by atoms with Crippen LogP contribution in [-0.4, -0.2) is 0 Å². The highest BCUT2D eigenvalue weighted by molar-refractivity contribution is 6.19. The van der Waals surface area contributed by atoms with E-state index in [1.165, 1.54) is 72.0 Å². The molecule has 0 unspecified atom stereocenters. The first kappa shape index (κ1) is 36.7. The van der Waals surface area contributed by atoms with Crippen molar-refractivity contribution in [1.29, 1.82) is 0 Å². The van der Waals surface area contributed by atoms with Crippen molar-refractivity contribution in [1.82, 2.24) is 0 Å². The van der Waals surface area contributed by atoms with Gasteiger partial charge in [0.2, 0.25) is 0 Å². The standard InChI is InChI=1S/C62H43NO/c1-61(2)54-28-16-14-26-48(54)50-33-30-41(37-56(50)61)59-47-25-13-12-18-40(47)36-53-52-35-32-46(39-58(52)64-60(53)59)63(44-23-10-5-11-24-44)45-31-34-51-49-27-15-17-29-55(49)62(57(51)38-45,42-19-6-3-7-20-42)43-21-8-4-9-22-43/h3-39H,1-2H3. The summed E-state index contributed by atoms with van der Waals surface area (Å²) in [5, 5.41) is 4.61. The first-order valence-electron chi connectivity index (χ1n) is 22.3. The van der Waals surface area contributed by atoms with Crippen LogP contribution in [0.25, 0.3) is 66.1 Å². The zero-order chi connectivity index (χ0) is 42.6. The predicted molar refractivity (Wildman–Crippen MR) is 266 cm³/mol. The fraction of sp³-hybridized carbons (Fsp3) is 0.0645. The Bertz CT molecular complexity index is 3600. The van der Waals surface area contributed by atoms with Crippen LogP contribution in [0.1, 0.15) is 47.2 Å². The van der Waals surface area contributed by atoms with Crippen LogP contribution in [0.15, 0.2) is 229 Å². The molecule has 0 spiro atoms. The Labute approximate surface area is 373 Å². The van der Waals surface area contributed by atoms with Gasteiger partial charge in [-0.3, -0.25) is 0 Å². The fourth-order valence-electron chi connectivity index (χ4n) is 11.4. The highest BCUT2D eigenvalue weighted by Crippen LogP contribution is 2.58. The maximum Gasteiger partial charge on any atom is 0.143 e. The van der Waals surface area contributed by atoms with Gasteiger partial charge in [-0.25, -0.2) is 0 Å². The number of benzene rings is 10. The molecule has 10 aromatic carbocycles. The van der Waals surface area contributed by atoms with Crippen LogP contribution in [0, 0.1) is 0 Å². The summed E-state index contributed by atoms with van der Waals surface area (Å²) in [6.45, 7) is 4.70. The van der Waals surface area contributed by atoms with Crippen LogP contribution in [-0.2, 0) is 10.8 Å². The third-order valence-corrected chi connectivity index (χ3v) is 14.3. The minimum absolute atomic E-state index is 0.114. The lowest BCUT2D eigenvalue weighted by Crippen LogP contribution is -2.28. The van der Waals surface area contributed by atoms with Gasteiger partial charge in [0.15, 0.2) is 0 Å². The molecular weight excluding hydrogens is 775 g/mol. The van der Waals surface area contributed by atoms with Gasteiger partial charge >= 0.3 is 0 Å². The Kier molecular flexibility index (Phi) is 7.90. The highest BCUT2D eigenvalue weighted by Gasteiger charge is 2.46. The molecule has 64 heavy (non-hydrogen) atoms. The van der Waals surface area contributed by atoms with E-state index in [1.807, 2.05) is 0 Å². The van der Waals surface area contributed by atoms with Crippen molar-refractivity contribution in [3.05, 3.63) is 258 Å². The Hall–Kier alpha value is -7.94. The molecule has 0 bridgehead atoms. The van der Waals surface area contributed by atoms with Crippen LogP contribution in [0.4, 0.5) is 17.1 Å². The second-order valence-corrected chi connectivity index (χ2v) is 18.0. The van der Waals surface area contributed by atoms with Gasteiger partial charge in [-0.05, 0) is 121 Å². The number of nitrogens with zero attached hydrogens (tertiary/aromatic N) is 1. The molecule has 0 atom stereocenters. The number of fused-ring (bicyclic) bond motifs is 10. The van der Waals surface area contributed by atoms with Crippen molar-refractivity contribution >= 4 is 49.8 Å². The Morgan fingerprint density at radius 3 is 1.69 bits per heavy atom. The molecule has 0 saturated carbocycles. The minimum Gasteiger partial charge on any atom is -0.455 e. The van der Waals surface area contributed by atoms with E-state index in [-0.39, 0.29) is 5.41 Å². The lowest BCUT2D eigenvalue weighted by atomic mass is 9.67. The highest BCUT2D eigenvalue weighted by atomic mass is 16.3. The first-order valence-corrected chi connectivity index (χ1v) is 22.3. The molecular formula is C62H43NO. The van der Waals surface area contributed by atoms with Gasteiger partial charge < -0.3 is 9.32 Å². The smallest absolute Gasteiger partial charge is 0.143 e. The van der Waals surface area contributed by atoms with Gasteiger partial charge in [0.05, 0.1) is 5.41 Å². The van der Waals surface area contributed by atoms with Crippen LogP contribution < -0.4 is 4.90 Å². The van der Waals surface area contributed by atoms with Crippen molar-refractivity contribution in [3.63, 3.8) is 0 Å². The predicted octanol–water partition coefficient (Wildman–Crippen LogP) is 16.5. The topological polar surface area (TPSA) is 16.4 Å². The summed E-state index contributed by atoms with van der Waals surface area (Å²) >= 11 is 0. The van der Waals surface area contributed by atoms with Gasteiger partial charge in [0.1, 0.15) is 11.2 Å². The fourth-order valence-corrected chi connectivity index (χ4v) is 11.4. The van der Waals surface area contributed by atoms with Crippen molar-refractivity contribution in [2.75, 3.05) is 4.90 Å². The second-order valence-electron chi connectivity index (χ2n) is 18.0. The van der Waals surface area contributed by atoms with Crippen LogP contribution in [0.2, 0.25) is 0 Å². The van der Waals surface area contributed by atoms with Gasteiger partial charge in [-0.2, -0.15) is 0 Å². The molecule has 0 radical (unpaired) electrons. The number of rotatable bonds is 6.